The first-order valence-corrected chi connectivity index (χ1v) is 10.2. The number of hydrogen-bond acceptors (Lipinski definition) is 7. The van der Waals surface area contributed by atoms with Gasteiger partial charge in [-0.1, -0.05) is 29.5 Å². The first kappa shape index (κ1) is 21.1. The van der Waals surface area contributed by atoms with Crippen LogP contribution in [0.1, 0.15) is 16.1 Å². The number of carbonyl (C=O) groups excluding carboxylic acids is 2. The minimum atomic E-state index is -0.538. The molecular weight excluding hydrogens is 434 g/mol. The van der Waals surface area contributed by atoms with Crippen LogP contribution in [0.5, 0.6) is 0 Å². The summed E-state index contributed by atoms with van der Waals surface area (Å²) in [6.07, 6.45) is 1.44. The second kappa shape index (κ2) is 8.55. The first-order valence-electron chi connectivity index (χ1n) is 9.42. The van der Waals surface area contributed by atoms with Crippen LogP contribution >= 0.6 is 11.3 Å². The van der Waals surface area contributed by atoms with E-state index in [2.05, 4.69) is 10.1 Å². The number of ether oxygens (including phenoxy) is 1. The zero-order chi connectivity index (χ0) is 22.8. The van der Waals surface area contributed by atoms with Gasteiger partial charge in [0, 0.05) is 12.1 Å². The van der Waals surface area contributed by atoms with Gasteiger partial charge in [-0.05, 0) is 25.1 Å². The quantitative estimate of drug-likeness (QED) is 0.261. The fourth-order valence-electron chi connectivity index (χ4n) is 3.20. The molecule has 0 atom stereocenters. The predicted octanol–water partition coefficient (Wildman–Crippen LogP) is 3.02. The lowest BCUT2D eigenvalue weighted by Crippen LogP contribution is -2.22. The average Bonchev–Trinajstić information content (AvgIpc) is 3.34. The number of para-hydroxylation sites is 1. The van der Waals surface area contributed by atoms with E-state index in [0.29, 0.717) is 21.5 Å². The molecule has 0 saturated carbocycles. The Labute approximate surface area is 185 Å². The Morgan fingerprint density at radius 2 is 1.97 bits per heavy atom. The third kappa shape index (κ3) is 3.93. The zero-order valence-corrected chi connectivity index (χ0v) is 17.9. The van der Waals surface area contributed by atoms with Crippen LogP contribution < -0.4 is 4.80 Å². The van der Waals surface area contributed by atoms with Crippen LogP contribution in [0.25, 0.3) is 15.9 Å². The molecule has 0 aliphatic carbocycles. The fourth-order valence-corrected chi connectivity index (χ4v) is 4.26. The lowest BCUT2D eigenvalue weighted by Gasteiger charge is -2.04. The minimum Gasteiger partial charge on any atom is -0.468 e. The standard InChI is InChI=1S/C21H17N5O5S/c1-13-16(11-22-25(13)14-6-4-3-5-7-14)20(28)23-21-24(12-19(27)31-2)17-9-8-15(26(29)30)10-18(17)32-21/h3-11H,12H2,1-2H3. The number of methoxy groups -OCH3 is 1. The second-order valence-electron chi connectivity index (χ2n) is 6.76. The van der Waals surface area contributed by atoms with Crippen molar-refractivity contribution in [3.8, 4) is 5.69 Å². The molecule has 0 radical (unpaired) electrons. The molecule has 4 rings (SSSR count). The lowest BCUT2D eigenvalue weighted by molar-refractivity contribution is -0.384. The second-order valence-corrected chi connectivity index (χ2v) is 7.77. The van der Waals surface area contributed by atoms with E-state index in [1.807, 2.05) is 30.3 Å². The normalized spacial score (nSPS) is 11.6. The van der Waals surface area contributed by atoms with Gasteiger partial charge in [-0.2, -0.15) is 10.1 Å². The predicted molar refractivity (Wildman–Crippen MR) is 117 cm³/mol. The van der Waals surface area contributed by atoms with Crippen LogP contribution in [0.2, 0.25) is 0 Å². The summed E-state index contributed by atoms with van der Waals surface area (Å²) in [7, 11) is 1.26. The molecule has 2 aromatic carbocycles. The highest BCUT2D eigenvalue weighted by Crippen LogP contribution is 2.23. The summed E-state index contributed by atoms with van der Waals surface area (Å²) in [6, 6.07) is 13.6. The average molecular weight is 451 g/mol. The lowest BCUT2D eigenvalue weighted by atomic mass is 10.2. The summed E-state index contributed by atoms with van der Waals surface area (Å²) in [5, 5.41) is 15.4. The molecule has 0 saturated heterocycles. The van der Waals surface area contributed by atoms with Crippen molar-refractivity contribution in [3.63, 3.8) is 0 Å². The third-order valence-corrected chi connectivity index (χ3v) is 5.87. The Kier molecular flexibility index (Phi) is 5.65. The first-order chi connectivity index (χ1) is 15.4. The molecule has 32 heavy (non-hydrogen) atoms. The van der Waals surface area contributed by atoms with Gasteiger partial charge in [-0.25, -0.2) is 4.68 Å². The Morgan fingerprint density at radius 1 is 1.22 bits per heavy atom. The number of rotatable bonds is 5. The Hall–Kier alpha value is -4.12. The maximum Gasteiger partial charge on any atom is 0.325 e. The number of nitro groups is 1. The van der Waals surface area contributed by atoms with E-state index < -0.39 is 16.8 Å². The van der Waals surface area contributed by atoms with Crippen molar-refractivity contribution in [1.29, 1.82) is 0 Å². The van der Waals surface area contributed by atoms with E-state index >= 15 is 0 Å². The number of nitro benzene ring substituents is 1. The van der Waals surface area contributed by atoms with Crippen molar-refractivity contribution in [2.45, 2.75) is 13.5 Å². The molecule has 0 unspecified atom stereocenters. The van der Waals surface area contributed by atoms with Gasteiger partial charge in [0.2, 0.25) is 0 Å². The van der Waals surface area contributed by atoms with Crippen LogP contribution in [-0.2, 0) is 16.1 Å². The highest BCUT2D eigenvalue weighted by atomic mass is 32.1. The maximum atomic E-state index is 13.0. The highest BCUT2D eigenvalue weighted by molar-refractivity contribution is 7.16. The molecule has 162 valence electrons. The maximum absolute atomic E-state index is 13.0. The largest absolute Gasteiger partial charge is 0.468 e. The van der Waals surface area contributed by atoms with Crippen LogP contribution in [0.4, 0.5) is 5.69 Å². The van der Waals surface area contributed by atoms with E-state index in [9.17, 15) is 19.7 Å². The minimum absolute atomic E-state index is 0.0955. The number of benzene rings is 2. The molecule has 0 fully saturated rings. The molecular formula is C21H17N5O5S. The molecule has 4 aromatic rings. The fraction of sp³-hybridized carbons (Fsp3) is 0.143. The van der Waals surface area contributed by atoms with E-state index in [1.165, 1.54) is 36.1 Å². The van der Waals surface area contributed by atoms with E-state index in [-0.39, 0.29) is 17.0 Å². The molecule has 0 spiro atoms. The van der Waals surface area contributed by atoms with Gasteiger partial charge in [0.1, 0.15) is 6.54 Å². The third-order valence-electron chi connectivity index (χ3n) is 4.83. The highest BCUT2D eigenvalue weighted by Gasteiger charge is 2.18. The van der Waals surface area contributed by atoms with Crippen molar-refractivity contribution in [2.24, 2.45) is 4.99 Å². The number of fused-ring (bicyclic) bond motifs is 1. The van der Waals surface area contributed by atoms with Crippen molar-refractivity contribution in [1.82, 2.24) is 14.3 Å². The molecule has 0 aliphatic rings. The number of aromatic nitrogens is 3. The molecule has 11 heteroatoms. The number of nitrogens with zero attached hydrogens (tertiary/aromatic N) is 5. The smallest absolute Gasteiger partial charge is 0.325 e. The van der Waals surface area contributed by atoms with Gasteiger partial charge < -0.3 is 9.30 Å². The van der Waals surface area contributed by atoms with E-state index in [1.54, 1.807) is 11.6 Å². The summed E-state index contributed by atoms with van der Waals surface area (Å²) in [6.45, 7) is 1.57. The van der Waals surface area contributed by atoms with Crippen LogP contribution in [0, 0.1) is 17.0 Å². The number of non-ortho nitro benzene ring substituents is 1. The monoisotopic (exact) mass is 451 g/mol. The summed E-state index contributed by atoms with van der Waals surface area (Å²) in [5.74, 6) is -1.07. The summed E-state index contributed by atoms with van der Waals surface area (Å²) in [4.78, 5) is 40.0. The van der Waals surface area contributed by atoms with Crippen LogP contribution in [0.15, 0.2) is 59.7 Å². The van der Waals surface area contributed by atoms with Gasteiger partial charge in [-0.15, -0.1) is 0 Å². The van der Waals surface area contributed by atoms with Crippen molar-refractivity contribution in [2.75, 3.05) is 7.11 Å². The van der Waals surface area contributed by atoms with Gasteiger partial charge in [0.25, 0.3) is 11.6 Å². The number of hydrogen-bond donors (Lipinski definition) is 0. The molecule has 2 aromatic heterocycles. The molecule has 1 amide bonds. The van der Waals surface area contributed by atoms with Crippen LogP contribution in [-0.4, -0.2) is 38.3 Å². The van der Waals surface area contributed by atoms with Crippen LogP contribution in [0.3, 0.4) is 0 Å². The number of esters is 1. The molecule has 10 nitrogen and oxygen atoms in total. The molecule has 0 aliphatic heterocycles. The zero-order valence-electron chi connectivity index (χ0n) is 17.1. The van der Waals surface area contributed by atoms with E-state index in [4.69, 9.17) is 4.74 Å². The number of carbonyl (C=O) groups is 2. The number of amides is 1. The Balaban J connectivity index is 1.81. The summed E-state index contributed by atoms with van der Waals surface area (Å²) >= 11 is 1.08. The number of thiazole rings is 1. The SMILES string of the molecule is COC(=O)Cn1c(=NC(=O)c2cnn(-c3ccccc3)c2C)sc2cc([N+](=O)[O-])ccc21. The van der Waals surface area contributed by atoms with Gasteiger partial charge in [0.05, 0.1) is 45.4 Å². The Bertz CT molecular complexity index is 1420. The van der Waals surface area contributed by atoms with Crippen molar-refractivity contribution in [3.05, 3.63) is 80.9 Å². The van der Waals surface area contributed by atoms with Gasteiger partial charge in [-0.3, -0.25) is 19.7 Å². The van der Waals surface area contributed by atoms with Gasteiger partial charge in [0.15, 0.2) is 4.80 Å². The van der Waals surface area contributed by atoms with Crippen molar-refractivity contribution < 1.29 is 19.2 Å². The van der Waals surface area contributed by atoms with E-state index in [0.717, 1.165) is 17.0 Å². The summed E-state index contributed by atoms with van der Waals surface area (Å²) < 4.78 is 8.41. The van der Waals surface area contributed by atoms with Crippen molar-refractivity contribution >= 4 is 39.1 Å². The molecule has 2 heterocycles. The Morgan fingerprint density at radius 3 is 2.66 bits per heavy atom. The topological polar surface area (TPSA) is 122 Å². The molecule has 0 N–H and O–H groups in total. The molecule has 0 bridgehead atoms. The van der Waals surface area contributed by atoms with Gasteiger partial charge >= 0.3 is 5.97 Å². The summed E-state index contributed by atoms with van der Waals surface area (Å²) in [5.41, 5.74) is 2.16.